The van der Waals surface area contributed by atoms with E-state index in [1.165, 1.54) is 12.8 Å². The molecule has 0 heterocycles. The lowest BCUT2D eigenvalue weighted by Gasteiger charge is -2.37. The Morgan fingerprint density at radius 1 is 1.38 bits per heavy atom. The van der Waals surface area contributed by atoms with Crippen molar-refractivity contribution in [3.05, 3.63) is 0 Å². The standard InChI is InChI=1S/C13H27NO2/c1-9(2)12-5-4-10(3)6-13(12)16-8-11(15)7-14/h9-13,15H,4-8,14H2,1-3H3. The van der Waals surface area contributed by atoms with Crippen LogP contribution in [0.1, 0.15) is 40.0 Å². The summed E-state index contributed by atoms with van der Waals surface area (Å²) in [4.78, 5) is 0. The van der Waals surface area contributed by atoms with Crippen molar-refractivity contribution in [1.82, 2.24) is 0 Å². The molecule has 4 atom stereocenters. The molecule has 0 radical (unpaired) electrons. The van der Waals surface area contributed by atoms with E-state index in [1.54, 1.807) is 0 Å². The summed E-state index contributed by atoms with van der Waals surface area (Å²) in [6.07, 6.45) is 3.49. The monoisotopic (exact) mass is 229 g/mol. The van der Waals surface area contributed by atoms with E-state index >= 15 is 0 Å². The third-order valence-electron chi connectivity index (χ3n) is 3.74. The van der Waals surface area contributed by atoms with Gasteiger partial charge in [0, 0.05) is 6.54 Å². The third kappa shape index (κ3) is 4.04. The first-order valence-electron chi connectivity index (χ1n) is 6.54. The van der Waals surface area contributed by atoms with Crippen molar-refractivity contribution in [3.8, 4) is 0 Å². The minimum Gasteiger partial charge on any atom is -0.389 e. The van der Waals surface area contributed by atoms with Crippen LogP contribution in [0.2, 0.25) is 0 Å². The predicted octanol–water partition coefficient (Wildman–Crippen LogP) is 1.78. The lowest BCUT2D eigenvalue weighted by Crippen LogP contribution is -2.37. The number of nitrogens with two attached hydrogens (primary N) is 1. The molecule has 3 nitrogen and oxygen atoms in total. The van der Waals surface area contributed by atoms with Crippen molar-refractivity contribution in [3.63, 3.8) is 0 Å². The molecule has 0 aliphatic heterocycles. The van der Waals surface area contributed by atoms with Gasteiger partial charge in [0.25, 0.3) is 0 Å². The number of ether oxygens (including phenoxy) is 1. The Hall–Kier alpha value is -0.120. The topological polar surface area (TPSA) is 55.5 Å². The third-order valence-corrected chi connectivity index (χ3v) is 3.74. The van der Waals surface area contributed by atoms with E-state index < -0.39 is 6.10 Å². The van der Waals surface area contributed by atoms with Crippen molar-refractivity contribution in [1.29, 1.82) is 0 Å². The molecule has 16 heavy (non-hydrogen) atoms. The molecule has 0 saturated heterocycles. The van der Waals surface area contributed by atoms with Gasteiger partial charge in [-0.05, 0) is 30.6 Å². The molecule has 0 aromatic heterocycles. The van der Waals surface area contributed by atoms with Gasteiger partial charge in [-0.2, -0.15) is 0 Å². The van der Waals surface area contributed by atoms with E-state index in [2.05, 4.69) is 20.8 Å². The molecule has 96 valence electrons. The van der Waals surface area contributed by atoms with Gasteiger partial charge in [0.05, 0.1) is 18.8 Å². The first-order chi connectivity index (χ1) is 7.54. The predicted molar refractivity (Wildman–Crippen MR) is 66.1 cm³/mol. The van der Waals surface area contributed by atoms with Crippen LogP contribution in [0.25, 0.3) is 0 Å². The van der Waals surface area contributed by atoms with Crippen molar-refractivity contribution in [2.24, 2.45) is 23.5 Å². The molecule has 4 unspecified atom stereocenters. The SMILES string of the molecule is CC1CCC(C(C)C)C(OCC(O)CN)C1. The summed E-state index contributed by atoms with van der Waals surface area (Å²) in [7, 11) is 0. The van der Waals surface area contributed by atoms with E-state index in [1.807, 2.05) is 0 Å². The Bertz CT molecular complexity index is 196. The molecule has 1 fully saturated rings. The zero-order chi connectivity index (χ0) is 12.1. The molecule has 0 amide bonds. The Kier molecular flexibility index (Phi) is 5.73. The van der Waals surface area contributed by atoms with Gasteiger partial charge >= 0.3 is 0 Å². The van der Waals surface area contributed by atoms with Crippen molar-refractivity contribution in [2.45, 2.75) is 52.2 Å². The number of hydrogen-bond acceptors (Lipinski definition) is 3. The van der Waals surface area contributed by atoms with Crippen LogP contribution in [-0.4, -0.2) is 30.5 Å². The van der Waals surface area contributed by atoms with Gasteiger partial charge in [-0.15, -0.1) is 0 Å². The minimum absolute atomic E-state index is 0.286. The van der Waals surface area contributed by atoms with Crippen LogP contribution < -0.4 is 5.73 Å². The van der Waals surface area contributed by atoms with Gasteiger partial charge in [-0.3, -0.25) is 0 Å². The zero-order valence-electron chi connectivity index (χ0n) is 10.9. The Morgan fingerprint density at radius 2 is 2.06 bits per heavy atom. The summed E-state index contributed by atoms with van der Waals surface area (Å²) in [6.45, 7) is 7.48. The fourth-order valence-corrected chi connectivity index (χ4v) is 2.61. The number of rotatable bonds is 5. The molecule has 0 bridgehead atoms. The van der Waals surface area contributed by atoms with Crippen LogP contribution in [0, 0.1) is 17.8 Å². The normalized spacial score (nSPS) is 33.0. The Morgan fingerprint density at radius 3 is 2.62 bits per heavy atom. The van der Waals surface area contributed by atoms with Gasteiger partial charge < -0.3 is 15.6 Å². The van der Waals surface area contributed by atoms with Crippen molar-refractivity contribution in [2.75, 3.05) is 13.2 Å². The van der Waals surface area contributed by atoms with Gasteiger partial charge in [0.1, 0.15) is 0 Å². The van der Waals surface area contributed by atoms with E-state index in [0.29, 0.717) is 24.5 Å². The van der Waals surface area contributed by atoms with Gasteiger partial charge in [-0.25, -0.2) is 0 Å². The minimum atomic E-state index is -0.509. The summed E-state index contributed by atoms with van der Waals surface area (Å²) >= 11 is 0. The lowest BCUT2D eigenvalue weighted by molar-refractivity contribution is -0.0669. The van der Waals surface area contributed by atoms with E-state index in [-0.39, 0.29) is 6.54 Å². The summed E-state index contributed by atoms with van der Waals surface area (Å²) in [5.74, 6) is 2.05. The number of hydrogen-bond donors (Lipinski definition) is 2. The lowest BCUT2D eigenvalue weighted by atomic mass is 9.75. The summed E-state index contributed by atoms with van der Waals surface area (Å²) in [6, 6.07) is 0. The van der Waals surface area contributed by atoms with Crippen LogP contribution in [0.5, 0.6) is 0 Å². The van der Waals surface area contributed by atoms with Gasteiger partial charge in [0.2, 0.25) is 0 Å². The fraction of sp³-hybridized carbons (Fsp3) is 1.00. The number of aliphatic hydroxyl groups is 1. The molecule has 1 aliphatic carbocycles. The maximum atomic E-state index is 9.43. The second kappa shape index (κ2) is 6.58. The largest absolute Gasteiger partial charge is 0.389 e. The highest BCUT2D eigenvalue weighted by Crippen LogP contribution is 2.35. The van der Waals surface area contributed by atoms with Crippen LogP contribution in [-0.2, 0) is 4.74 Å². The molecule has 1 rings (SSSR count). The van der Waals surface area contributed by atoms with Crippen LogP contribution in [0.3, 0.4) is 0 Å². The van der Waals surface area contributed by atoms with E-state index in [4.69, 9.17) is 10.5 Å². The molecule has 1 aliphatic rings. The molecule has 3 heteroatoms. The molecule has 0 aromatic carbocycles. The summed E-state index contributed by atoms with van der Waals surface area (Å²) in [5.41, 5.74) is 5.38. The first kappa shape index (κ1) is 13.9. The van der Waals surface area contributed by atoms with Crippen LogP contribution in [0.15, 0.2) is 0 Å². The Balaban J connectivity index is 2.44. The number of aliphatic hydroxyl groups excluding tert-OH is 1. The van der Waals surface area contributed by atoms with Crippen LogP contribution >= 0.6 is 0 Å². The van der Waals surface area contributed by atoms with Gasteiger partial charge in [0.15, 0.2) is 0 Å². The molecule has 0 spiro atoms. The van der Waals surface area contributed by atoms with Crippen LogP contribution in [0.4, 0.5) is 0 Å². The van der Waals surface area contributed by atoms with Gasteiger partial charge in [-0.1, -0.05) is 27.2 Å². The van der Waals surface area contributed by atoms with Crippen molar-refractivity contribution >= 4 is 0 Å². The molecular formula is C13H27NO2. The summed E-state index contributed by atoms with van der Waals surface area (Å²) in [5, 5.41) is 9.43. The second-order valence-corrected chi connectivity index (χ2v) is 5.59. The highest BCUT2D eigenvalue weighted by atomic mass is 16.5. The molecule has 3 N–H and O–H groups in total. The highest BCUT2D eigenvalue weighted by molar-refractivity contribution is 4.81. The highest BCUT2D eigenvalue weighted by Gasteiger charge is 2.31. The fourth-order valence-electron chi connectivity index (χ4n) is 2.61. The van der Waals surface area contributed by atoms with E-state index in [0.717, 1.165) is 12.3 Å². The maximum Gasteiger partial charge on any atom is 0.0895 e. The second-order valence-electron chi connectivity index (χ2n) is 5.59. The maximum absolute atomic E-state index is 9.43. The summed E-state index contributed by atoms with van der Waals surface area (Å²) < 4.78 is 5.85. The average Bonchev–Trinajstić information content (AvgIpc) is 2.25. The van der Waals surface area contributed by atoms with Crippen molar-refractivity contribution < 1.29 is 9.84 Å². The zero-order valence-corrected chi connectivity index (χ0v) is 10.9. The molecule has 0 aromatic rings. The smallest absolute Gasteiger partial charge is 0.0895 e. The van der Waals surface area contributed by atoms with E-state index in [9.17, 15) is 5.11 Å². The Labute approximate surface area is 99.4 Å². The first-order valence-corrected chi connectivity index (χ1v) is 6.54. The molecular weight excluding hydrogens is 202 g/mol. The molecule has 1 saturated carbocycles. The quantitative estimate of drug-likeness (QED) is 0.755. The average molecular weight is 229 g/mol.